The highest BCUT2D eigenvalue weighted by Gasteiger charge is 2.11. The van der Waals surface area contributed by atoms with Crippen molar-refractivity contribution < 1.29 is 14.5 Å². The third kappa shape index (κ3) is 5.91. The Morgan fingerprint density at radius 1 is 1.03 bits per heavy atom. The molecule has 0 aliphatic rings. The van der Waals surface area contributed by atoms with Gasteiger partial charge in [0, 0.05) is 37.1 Å². The molecule has 0 radical (unpaired) electrons. The smallest absolute Gasteiger partial charge is 0.269 e. The summed E-state index contributed by atoms with van der Waals surface area (Å²) in [5.74, 6) is -0.704. The van der Waals surface area contributed by atoms with Crippen LogP contribution >= 0.6 is 11.3 Å². The lowest BCUT2D eigenvalue weighted by Crippen LogP contribution is -2.27. The van der Waals surface area contributed by atoms with Gasteiger partial charge in [0.05, 0.1) is 4.92 Å². The maximum Gasteiger partial charge on any atom is 0.269 e. The minimum atomic E-state index is -0.537. The highest BCUT2D eigenvalue weighted by molar-refractivity contribution is 7.15. The van der Waals surface area contributed by atoms with E-state index in [9.17, 15) is 19.7 Å². The highest BCUT2D eigenvalue weighted by Crippen LogP contribution is 2.18. The van der Waals surface area contributed by atoms with E-state index in [1.54, 1.807) is 0 Å². The van der Waals surface area contributed by atoms with Crippen LogP contribution in [-0.4, -0.2) is 33.5 Å². The largest absolute Gasteiger partial charge is 0.352 e. The standard InChI is InChI=1S/C19H17N5O4S/c25-16(10-11-20-18(26)14-6-8-15(9-7-14)24(27)28)21-19-23-22-17(29-19)12-13-4-2-1-3-5-13/h1-9H,10-12H2,(H,20,26)(H,21,23,25). The maximum absolute atomic E-state index is 12.0. The molecule has 0 aliphatic heterocycles. The molecule has 3 aromatic rings. The molecule has 0 fully saturated rings. The predicted molar refractivity (Wildman–Crippen MR) is 108 cm³/mol. The van der Waals surface area contributed by atoms with Crippen molar-refractivity contribution in [2.24, 2.45) is 0 Å². The summed E-state index contributed by atoms with van der Waals surface area (Å²) in [7, 11) is 0. The molecule has 0 unspecified atom stereocenters. The first-order chi connectivity index (χ1) is 14.0. The number of amides is 2. The van der Waals surface area contributed by atoms with E-state index in [4.69, 9.17) is 0 Å². The van der Waals surface area contributed by atoms with E-state index in [0.29, 0.717) is 11.6 Å². The van der Waals surface area contributed by atoms with Gasteiger partial charge in [-0.05, 0) is 17.7 Å². The summed E-state index contributed by atoms with van der Waals surface area (Å²) in [4.78, 5) is 34.1. The van der Waals surface area contributed by atoms with Gasteiger partial charge in [-0.2, -0.15) is 0 Å². The van der Waals surface area contributed by atoms with Gasteiger partial charge in [0.15, 0.2) is 0 Å². The number of anilines is 1. The number of hydrogen-bond acceptors (Lipinski definition) is 7. The number of aromatic nitrogens is 2. The van der Waals surface area contributed by atoms with Crippen molar-refractivity contribution in [3.8, 4) is 0 Å². The molecule has 0 spiro atoms. The average molecular weight is 411 g/mol. The molecule has 2 aromatic carbocycles. The lowest BCUT2D eigenvalue weighted by Gasteiger charge is -2.05. The molecule has 0 bridgehead atoms. The molecule has 29 heavy (non-hydrogen) atoms. The Bertz CT molecular complexity index is 1000. The number of nitro groups is 1. The van der Waals surface area contributed by atoms with Gasteiger partial charge in [0.2, 0.25) is 11.0 Å². The molecular formula is C19H17N5O4S. The third-order valence-corrected chi connectivity index (χ3v) is 4.73. The summed E-state index contributed by atoms with van der Waals surface area (Å²) in [6, 6.07) is 15.1. The van der Waals surface area contributed by atoms with Gasteiger partial charge in [-0.1, -0.05) is 41.7 Å². The van der Waals surface area contributed by atoms with Gasteiger partial charge in [0.25, 0.3) is 11.6 Å². The molecule has 0 aliphatic carbocycles. The van der Waals surface area contributed by atoms with Crippen LogP contribution in [-0.2, 0) is 11.2 Å². The first-order valence-electron chi connectivity index (χ1n) is 8.70. The first-order valence-corrected chi connectivity index (χ1v) is 9.52. The molecule has 2 amide bonds. The van der Waals surface area contributed by atoms with Gasteiger partial charge in [0.1, 0.15) is 5.01 Å². The molecule has 0 saturated carbocycles. The van der Waals surface area contributed by atoms with Crippen LogP contribution in [0.15, 0.2) is 54.6 Å². The van der Waals surface area contributed by atoms with Gasteiger partial charge >= 0.3 is 0 Å². The van der Waals surface area contributed by atoms with Crippen LogP contribution in [0.1, 0.15) is 27.3 Å². The number of non-ortho nitro benzene ring substituents is 1. The zero-order valence-electron chi connectivity index (χ0n) is 15.2. The van der Waals surface area contributed by atoms with E-state index in [0.717, 1.165) is 10.6 Å². The Kier molecular flexibility index (Phi) is 6.59. The van der Waals surface area contributed by atoms with Crippen molar-refractivity contribution in [1.29, 1.82) is 0 Å². The second-order valence-electron chi connectivity index (χ2n) is 6.02. The Labute approximate surface area is 169 Å². The summed E-state index contributed by atoms with van der Waals surface area (Å²) < 4.78 is 0. The molecule has 3 rings (SSSR count). The van der Waals surface area contributed by atoms with Crippen molar-refractivity contribution in [1.82, 2.24) is 15.5 Å². The molecule has 1 heterocycles. The van der Waals surface area contributed by atoms with E-state index in [1.165, 1.54) is 35.6 Å². The van der Waals surface area contributed by atoms with Gasteiger partial charge in [-0.25, -0.2) is 0 Å². The van der Waals surface area contributed by atoms with Gasteiger partial charge < -0.3 is 10.6 Å². The fraction of sp³-hybridized carbons (Fsp3) is 0.158. The molecule has 2 N–H and O–H groups in total. The minimum absolute atomic E-state index is 0.0618. The van der Waals surface area contributed by atoms with Crippen LogP contribution < -0.4 is 10.6 Å². The fourth-order valence-corrected chi connectivity index (χ4v) is 3.24. The Hall–Kier alpha value is -3.66. The minimum Gasteiger partial charge on any atom is -0.352 e. The maximum atomic E-state index is 12.0. The van der Waals surface area contributed by atoms with Crippen molar-refractivity contribution in [3.63, 3.8) is 0 Å². The average Bonchev–Trinajstić information content (AvgIpc) is 3.15. The molecule has 0 atom stereocenters. The molecule has 9 nitrogen and oxygen atoms in total. The highest BCUT2D eigenvalue weighted by atomic mass is 32.1. The number of carbonyl (C=O) groups excluding carboxylic acids is 2. The Morgan fingerprint density at radius 2 is 1.76 bits per heavy atom. The Morgan fingerprint density at radius 3 is 2.45 bits per heavy atom. The van der Waals surface area contributed by atoms with Crippen LogP contribution in [0, 0.1) is 10.1 Å². The van der Waals surface area contributed by atoms with Crippen molar-refractivity contribution in [3.05, 3.63) is 80.8 Å². The number of hydrogen-bond donors (Lipinski definition) is 2. The van der Waals surface area contributed by atoms with E-state index >= 15 is 0 Å². The number of rotatable bonds is 8. The predicted octanol–water partition coefficient (Wildman–Crippen LogP) is 2.80. The number of nitrogens with one attached hydrogen (secondary N) is 2. The van der Waals surface area contributed by atoms with Gasteiger partial charge in [-0.3, -0.25) is 19.7 Å². The zero-order valence-corrected chi connectivity index (χ0v) is 16.0. The third-order valence-electron chi connectivity index (χ3n) is 3.89. The Balaban J connectivity index is 1.43. The normalized spacial score (nSPS) is 10.3. The molecule has 1 aromatic heterocycles. The zero-order chi connectivity index (χ0) is 20.6. The van der Waals surface area contributed by atoms with E-state index < -0.39 is 10.8 Å². The molecule has 10 heteroatoms. The first kappa shape index (κ1) is 20.1. The lowest BCUT2D eigenvalue weighted by molar-refractivity contribution is -0.384. The topological polar surface area (TPSA) is 127 Å². The molecule has 148 valence electrons. The lowest BCUT2D eigenvalue weighted by atomic mass is 10.2. The second-order valence-corrected chi connectivity index (χ2v) is 7.08. The number of benzene rings is 2. The SMILES string of the molecule is O=C(CCNC(=O)c1ccc([N+](=O)[O-])cc1)Nc1nnc(Cc2ccccc2)s1. The molecule has 0 saturated heterocycles. The summed E-state index contributed by atoms with van der Waals surface area (Å²) in [5, 5.41) is 25.1. The summed E-state index contributed by atoms with van der Waals surface area (Å²) >= 11 is 1.30. The van der Waals surface area contributed by atoms with Crippen molar-refractivity contribution in [2.75, 3.05) is 11.9 Å². The van der Waals surface area contributed by atoms with Crippen LogP contribution in [0.25, 0.3) is 0 Å². The van der Waals surface area contributed by atoms with Crippen molar-refractivity contribution >= 4 is 34.0 Å². The number of nitro benzene ring substituents is 1. The van der Waals surface area contributed by atoms with E-state index in [-0.39, 0.29) is 30.1 Å². The number of nitrogens with zero attached hydrogens (tertiary/aromatic N) is 3. The van der Waals surface area contributed by atoms with Crippen molar-refractivity contribution in [2.45, 2.75) is 12.8 Å². The fourth-order valence-electron chi connectivity index (χ4n) is 2.45. The number of carbonyl (C=O) groups is 2. The van der Waals surface area contributed by atoms with Crippen LogP contribution in [0.4, 0.5) is 10.8 Å². The summed E-state index contributed by atoms with van der Waals surface area (Å²) in [5.41, 5.74) is 1.30. The van der Waals surface area contributed by atoms with Gasteiger partial charge in [-0.15, -0.1) is 10.2 Å². The second kappa shape index (κ2) is 9.51. The van der Waals surface area contributed by atoms with E-state index in [1.807, 2.05) is 30.3 Å². The van der Waals surface area contributed by atoms with Crippen LogP contribution in [0.3, 0.4) is 0 Å². The molecular weight excluding hydrogens is 394 g/mol. The van der Waals surface area contributed by atoms with Crippen LogP contribution in [0.2, 0.25) is 0 Å². The van der Waals surface area contributed by atoms with Crippen LogP contribution in [0.5, 0.6) is 0 Å². The monoisotopic (exact) mass is 411 g/mol. The van der Waals surface area contributed by atoms with E-state index in [2.05, 4.69) is 20.8 Å². The summed E-state index contributed by atoms with van der Waals surface area (Å²) in [6.45, 7) is 0.122. The quantitative estimate of drug-likeness (QED) is 0.433. The summed E-state index contributed by atoms with van der Waals surface area (Å²) in [6.07, 6.45) is 0.700.